The van der Waals surface area contributed by atoms with E-state index in [0.29, 0.717) is 5.56 Å². The molecule has 57 heavy (non-hydrogen) atoms. The lowest BCUT2D eigenvalue weighted by atomic mass is 9.77. The number of nitrogens with zero attached hydrogens (tertiary/aromatic N) is 4. The fourth-order valence-corrected chi connectivity index (χ4v) is 7.76. The van der Waals surface area contributed by atoms with Crippen LogP contribution in [0.3, 0.4) is 0 Å². The van der Waals surface area contributed by atoms with Crippen molar-refractivity contribution in [1.82, 2.24) is 19.2 Å². The van der Waals surface area contributed by atoms with E-state index in [1.165, 1.54) is 7.11 Å². The zero-order valence-corrected chi connectivity index (χ0v) is 31.5. The van der Waals surface area contributed by atoms with Crippen LogP contribution in [0.1, 0.15) is 27.0 Å². The summed E-state index contributed by atoms with van der Waals surface area (Å²) in [5.74, 6) is 0.441. The van der Waals surface area contributed by atoms with Crippen molar-refractivity contribution in [2.75, 3.05) is 14.2 Å². The Morgan fingerprint density at radius 1 is 0.544 bits per heavy atom. The normalized spacial score (nSPS) is 11.4. The SMILES string of the molecule is COC(=O)c1ccc(-c2ccc(-c3nn(C(c4ccccc4)(c4ccccc4)c4ccccc4)cc3-c3ccc4ncc(-c5ccc(OC)cc5)n4c3)cc2)cc1. The summed E-state index contributed by atoms with van der Waals surface area (Å²) >= 11 is 0. The largest absolute Gasteiger partial charge is 0.497 e. The molecule has 0 aliphatic carbocycles. The smallest absolute Gasteiger partial charge is 0.337 e. The van der Waals surface area contributed by atoms with Gasteiger partial charge in [0.05, 0.1) is 31.7 Å². The summed E-state index contributed by atoms with van der Waals surface area (Å²) in [4.78, 5) is 16.8. The number of hydrogen-bond acceptors (Lipinski definition) is 5. The summed E-state index contributed by atoms with van der Waals surface area (Å²) in [5, 5.41) is 5.60. The van der Waals surface area contributed by atoms with Gasteiger partial charge in [0.25, 0.3) is 0 Å². The molecule has 0 spiro atoms. The van der Waals surface area contributed by atoms with Crippen LogP contribution in [0.5, 0.6) is 5.75 Å². The molecule has 9 aromatic rings. The van der Waals surface area contributed by atoms with Crippen LogP contribution in [0.2, 0.25) is 0 Å². The number of methoxy groups -OCH3 is 2. The van der Waals surface area contributed by atoms with E-state index in [0.717, 1.165) is 72.9 Å². The van der Waals surface area contributed by atoms with Crippen LogP contribution in [-0.4, -0.2) is 39.4 Å². The Balaban J connectivity index is 1.26. The number of carbonyl (C=O) groups excluding carboxylic acids is 1. The van der Waals surface area contributed by atoms with Crippen LogP contribution < -0.4 is 4.74 Å². The number of ether oxygens (including phenoxy) is 2. The van der Waals surface area contributed by atoms with E-state index < -0.39 is 5.54 Å². The van der Waals surface area contributed by atoms with E-state index in [1.807, 2.05) is 30.5 Å². The first-order valence-corrected chi connectivity index (χ1v) is 18.7. The van der Waals surface area contributed by atoms with Crippen LogP contribution in [0.4, 0.5) is 0 Å². The summed E-state index contributed by atoms with van der Waals surface area (Å²) in [5.41, 5.74) is 11.6. The van der Waals surface area contributed by atoms with E-state index in [1.54, 1.807) is 19.2 Å². The lowest BCUT2D eigenvalue weighted by Crippen LogP contribution is -2.38. The topological polar surface area (TPSA) is 70.6 Å². The predicted octanol–water partition coefficient (Wildman–Crippen LogP) is 10.8. The highest BCUT2D eigenvalue weighted by atomic mass is 16.5. The predicted molar refractivity (Wildman–Crippen MR) is 225 cm³/mol. The van der Waals surface area contributed by atoms with Crippen LogP contribution in [-0.2, 0) is 10.3 Å². The van der Waals surface area contributed by atoms with E-state index in [-0.39, 0.29) is 5.97 Å². The summed E-state index contributed by atoms with van der Waals surface area (Å²) < 4.78 is 14.6. The van der Waals surface area contributed by atoms with Gasteiger partial charge < -0.3 is 9.47 Å². The highest BCUT2D eigenvalue weighted by molar-refractivity contribution is 5.90. The van der Waals surface area contributed by atoms with Crippen LogP contribution in [0.15, 0.2) is 195 Å². The van der Waals surface area contributed by atoms with E-state index in [9.17, 15) is 4.79 Å². The molecule has 3 heterocycles. The molecular formula is C50H38N4O3. The van der Waals surface area contributed by atoms with Gasteiger partial charge >= 0.3 is 5.97 Å². The third-order valence-electron chi connectivity index (χ3n) is 10.6. The lowest BCUT2D eigenvalue weighted by molar-refractivity contribution is 0.0600. The number of benzene rings is 6. The average Bonchev–Trinajstić information content (AvgIpc) is 3.93. The quantitative estimate of drug-likeness (QED) is 0.103. The van der Waals surface area contributed by atoms with Gasteiger partial charge in [-0.3, -0.25) is 9.08 Å². The average molecular weight is 743 g/mol. The molecule has 276 valence electrons. The zero-order valence-electron chi connectivity index (χ0n) is 31.5. The van der Waals surface area contributed by atoms with Crippen molar-refractivity contribution in [2.45, 2.75) is 5.54 Å². The molecule has 7 heteroatoms. The van der Waals surface area contributed by atoms with Gasteiger partial charge in [0.15, 0.2) is 0 Å². The second kappa shape index (κ2) is 15.0. The highest BCUT2D eigenvalue weighted by Gasteiger charge is 2.40. The summed E-state index contributed by atoms with van der Waals surface area (Å²) in [7, 11) is 3.06. The van der Waals surface area contributed by atoms with Gasteiger partial charge in [0, 0.05) is 34.6 Å². The van der Waals surface area contributed by atoms with Crippen molar-refractivity contribution < 1.29 is 14.3 Å². The van der Waals surface area contributed by atoms with Gasteiger partial charge in [-0.2, -0.15) is 5.10 Å². The Morgan fingerprint density at radius 3 is 1.60 bits per heavy atom. The van der Waals surface area contributed by atoms with Gasteiger partial charge in [-0.05, 0) is 76.3 Å². The fraction of sp³-hybridized carbons (Fsp3) is 0.0600. The summed E-state index contributed by atoms with van der Waals surface area (Å²) in [6, 6.07) is 59.9. The molecule has 0 atom stereocenters. The first-order valence-electron chi connectivity index (χ1n) is 18.7. The summed E-state index contributed by atoms with van der Waals surface area (Å²) in [6.45, 7) is 0. The minimum Gasteiger partial charge on any atom is -0.497 e. The van der Waals surface area contributed by atoms with Crippen molar-refractivity contribution in [2.24, 2.45) is 0 Å². The van der Waals surface area contributed by atoms with Crippen molar-refractivity contribution in [3.63, 3.8) is 0 Å². The second-order valence-electron chi connectivity index (χ2n) is 13.8. The Bertz CT molecular complexity index is 2700. The number of pyridine rings is 1. The number of fused-ring (bicyclic) bond motifs is 1. The maximum Gasteiger partial charge on any atom is 0.337 e. The van der Waals surface area contributed by atoms with Gasteiger partial charge in [-0.25, -0.2) is 9.78 Å². The molecule has 0 bridgehead atoms. The lowest BCUT2D eigenvalue weighted by Gasteiger charge is -2.36. The third-order valence-corrected chi connectivity index (χ3v) is 10.6. The molecule has 0 aliphatic heterocycles. The minimum atomic E-state index is -0.814. The number of rotatable bonds is 10. The van der Waals surface area contributed by atoms with E-state index >= 15 is 0 Å². The fourth-order valence-electron chi connectivity index (χ4n) is 7.76. The molecule has 0 N–H and O–H groups in total. The molecule has 3 aromatic heterocycles. The number of carbonyl (C=O) groups is 1. The molecule has 0 radical (unpaired) electrons. The molecule has 0 fully saturated rings. The maximum absolute atomic E-state index is 12.1. The third kappa shape index (κ3) is 6.35. The second-order valence-corrected chi connectivity index (χ2v) is 13.8. The number of hydrogen-bond donors (Lipinski definition) is 0. The summed E-state index contributed by atoms with van der Waals surface area (Å²) in [6.07, 6.45) is 6.25. The van der Waals surface area contributed by atoms with Gasteiger partial charge in [0.2, 0.25) is 0 Å². The van der Waals surface area contributed by atoms with Gasteiger partial charge in [0.1, 0.15) is 22.6 Å². The molecular weight excluding hydrogens is 705 g/mol. The first-order chi connectivity index (χ1) is 28.1. The molecule has 9 rings (SSSR count). The van der Waals surface area contributed by atoms with Gasteiger partial charge in [-0.1, -0.05) is 127 Å². The van der Waals surface area contributed by atoms with Crippen LogP contribution in [0, 0.1) is 0 Å². The number of esters is 1. The minimum absolute atomic E-state index is 0.359. The Hall–Kier alpha value is -7.51. The molecule has 6 aromatic carbocycles. The maximum atomic E-state index is 12.1. The van der Waals surface area contributed by atoms with Crippen LogP contribution in [0.25, 0.3) is 50.4 Å². The number of aromatic nitrogens is 4. The monoisotopic (exact) mass is 742 g/mol. The highest BCUT2D eigenvalue weighted by Crippen LogP contribution is 2.43. The molecule has 0 saturated heterocycles. The molecule has 7 nitrogen and oxygen atoms in total. The van der Waals surface area contributed by atoms with E-state index in [2.05, 4.69) is 161 Å². The Morgan fingerprint density at radius 2 is 1.05 bits per heavy atom. The van der Waals surface area contributed by atoms with Crippen molar-refractivity contribution >= 4 is 11.6 Å². The Labute approximate surface area is 331 Å². The Kier molecular flexibility index (Phi) is 9.24. The first kappa shape index (κ1) is 35.2. The van der Waals surface area contributed by atoms with E-state index in [4.69, 9.17) is 19.6 Å². The molecule has 0 saturated carbocycles. The van der Waals surface area contributed by atoms with Crippen LogP contribution >= 0.6 is 0 Å². The molecule has 0 amide bonds. The molecule has 0 aliphatic rings. The molecule has 0 unspecified atom stereocenters. The van der Waals surface area contributed by atoms with Crippen molar-refractivity contribution in [1.29, 1.82) is 0 Å². The zero-order chi connectivity index (χ0) is 38.8. The van der Waals surface area contributed by atoms with Crippen molar-refractivity contribution in [3.8, 4) is 50.5 Å². The number of imidazole rings is 1. The van der Waals surface area contributed by atoms with Crippen molar-refractivity contribution in [3.05, 3.63) is 217 Å². The van der Waals surface area contributed by atoms with Gasteiger partial charge in [-0.15, -0.1) is 0 Å². The standard InChI is InChI=1S/C50H38N4O3/c1-56-44-29-26-37(27-30-44)46-32-51-47-31-28-40(33-53(46)47)45-34-54(52-48(45)38-22-18-35(19-23-38)36-20-24-39(25-21-36)49(55)57-2)50(41-12-6-3-7-13-41,42-14-8-4-9-15-42)43-16-10-5-11-17-43/h3-34H,1-2H3.